The van der Waals surface area contributed by atoms with Crippen molar-refractivity contribution in [2.75, 3.05) is 13.2 Å². The summed E-state index contributed by atoms with van der Waals surface area (Å²) in [5.74, 6) is 0.889. The average Bonchev–Trinajstić information content (AvgIpc) is 2.59. The Morgan fingerprint density at radius 2 is 1.67 bits per heavy atom. The van der Waals surface area contributed by atoms with E-state index in [1.165, 1.54) is 18.6 Å². The van der Waals surface area contributed by atoms with Crippen LogP contribution in [0.1, 0.15) is 50.2 Å². The van der Waals surface area contributed by atoms with Gasteiger partial charge in [0.2, 0.25) is 0 Å². The van der Waals surface area contributed by atoms with E-state index in [1.807, 2.05) is 0 Å². The largest absolute Gasteiger partial charge is 0.493 e. The molecular weight excluding hydrogens is 376 g/mol. The fourth-order valence-corrected chi connectivity index (χ4v) is 3.19. The summed E-state index contributed by atoms with van der Waals surface area (Å²) in [6, 6.07) is 6.11. The molecule has 0 amide bonds. The van der Waals surface area contributed by atoms with Crippen LogP contribution >= 0.6 is 0 Å². The van der Waals surface area contributed by atoms with Crippen LogP contribution in [0, 0.1) is 5.92 Å². The van der Waals surface area contributed by atoms with Crippen molar-refractivity contribution >= 4 is 0 Å². The van der Waals surface area contributed by atoms with Crippen molar-refractivity contribution in [2.24, 2.45) is 5.92 Å². The molecule has 0 unspecified atom stereocenters. The predicted molar refractivity (Wildman–Crippen MR) is 86.9 cm³/mol. The first-order valence-corrected chi connectivity index (χ1v) is 8.89. The third kappa shape index (κ3) is 6.88. The summed E-state index contributed by atoms with van der Waals surface area (Å²) in [4.78, 5) is -1.54. The van der Waals surface area contributed by atoms with Gasteiger partial charge in [-0.1, -0.05) is 31.4 Å². The lowest BCUT2D eigenvalue weighted by Crippen LogP contribution is -2.48. The first-order valence-electron chi connectivity index (χ1n) is 8.89. The normalized spacial score (nSPS) is 17.9. The molecule has 0 radical (unpaired) electrons. The average molecular weight is 399 g/mol. The highest BCUT2D eigenvalue weighted by molar-refractivity contribution is 5.30. The Hall–Kier alpha value is -1.48. The van der Waals surface area contributed by atoms with Crippen LogP contribution in [0.15, 0.2) is 24.3 Å². The molecule has 1 aliphatic rings. The van der Waals surface area contributed by atoms with Crippen molar-refractivity contribution in [3.05, 3.63) is 29.8 Å². The van der Waals surface area contributed by atoms with Gasteiger partial charge in [-0.25, -0.2) is 0 Å². The minimum absolute atomic E-state index is 0.223. The maximum absolute atomic E-state index is 12.5. The van der Waals surface area contributed by atoms with Crippen LogP contribution < -0.4 is 4.74 Å². The van der Waals surface area contributed by atoms with Crippen LogP contribution in [0.5, 0.6) is 5.75 Å². The Morgan fingerprint density at radius 3 is 2.26 bits per heavy atom. The van der Waals surface area contributed by atoms with Gasteiger partial charge in [0, 0.05) is 6.54 Å². The van der Waals surface area contributed by atoms with Crippen LogP contribution in [0.25, 0.3) is 0 Å². The molecule has 0 aromatic heterocycles. The van der Waals surface area contributed by atoms with Crippen LogP contribution in [0.3, 0.4) is 0 Å². The maximum Gasteiger partial charge on any atom is 0.467 e. The molecule has 2 rings (SSSR count). The van der Waals surface area contributed by atoms with Gasteiger partial charge in [-0.15, -0.1) is 4.90 Å². The van der Waals surface area contributed by atoms with Gasteiger partial charge in [0.1, 0.15) is 5.75 Å². The molecule has 3 nitrogen and oxygen atoms in total. The summed E-state index contributed by atoms with van der Waals surface area (Å²) in [6.45, 7) is -0.878. The summed E-state index contributed by atoms with van der Waals surface area (Å²) < 4.78 is 80.8. The van der Waals surface area contributed by atoms with Crippen molar-refractivity contribution in [3.63, 3.8) is 0 Å². The van der Waals surface area contributed by atoms with Gasteiger partial charge < -0.3 is 9.84 Å². The SMILES string of the molecule is O[C@H](CCN(C(F)(F)F)C(F)(F)F)c1cccc(OCC2CCCCC2)c1. The molecule has 1 N–H and O–H groups in total. The van der Waals surface area contributed by atoms with Crippen molar-refractivity contribution in [1.82, 2.24) is 4.90 Å². The highest BCUT2D eigenvalue weighted by Crippen LogP contribution is 2.34. The minimum atomic E-state index is -5.55. The standard InChI is InChI=1S/C18H23F6NO2/c19-17(20,21)25(18(22,23)24)10-9-16(26)14-7-4-8-15(11-14)27-12-13-5-2-1-3-6-13/h4,7-8,11,13,16,26H,1-3,5-6,9-10,12H2/t16-/m1/s1. The summed E-state index contributed by atoms with van der Waals surface area (Å²) in [6.07, 6.45) is -7.61. The maximum atomic E-state index is 12.5. The third-order valence-corrected chi connectivity index (χ3v) is 4.69. The number of alkyl halides is 6. The van der Waals surface area contributed by atoms with E-state index in [0.29, 0.717) is 18.3 Å². The second kappa shape index (κ2) is 9.14. The fourth-order valence-electron chi connectivity index (χ4n) is 3.19. The van der Waals surface area contributed by atoms with Gasteiger partial charge in [-0.05, 0) is 42.9 Å². The minimum Gasteiger partial charge on any atom is -0.493 e. The van der Waals surface area contributed by atoms with E-state index in [2.05, 4.69) is 0 Å². The molecule has 1 atom stereocenters. The molecule has 0 bridgehead atoms. The first-order chi connectivity index (χ1) is 12.6. The molecule has 154 valence electrons. The number of nitrogens with zero attached hydrogens (tertiary/aromatic N) is 1. The van der Waals surface area contributed by atoms with Crippen molar-refractivity contribution in [2.45, 2.75) is 57.2 Å². The van der Waals surface area contributed by atoms with Gasteiger partial charge in [-0.3, -0.25) is 0 Å². The van der Waals surface area contributed by atoms with E-state index < -0.39 is 36.6 Å². The van der Waals surface area contributed by atoms with Crippen LogP contribution in [0.2, 0.25) is 0 Å². The zero-order valence-electron chi connectivity index (χ0n) is 14.7. The lowest BCUT2D eigenvalue weighted by molar-refractivity contribution is -0.373. The van der Waals surface area contributed by atoms with Gasteiger partial charge in [0.15, 0.2) is 0 Å². The number of ether oxygens (including phenoxy) is 1. The van der Waals surface area contributed by atoms with Crippen molar-refractivity contribution in [3.8, 4) is 5.75 Å². The molecule has 1 aliphatic carbocycles. The molecule has 0 aliphatic heterocycles. The topological polar surface area (TPSA) is 32.7 Å². The summed E-state index contributed by atoms with van der Waals surface area (Å²) in [7, 11) is 0. The van der Waals surface area contributed by atoms with E-state index >= 15 is 0 Å². The number of aliphatic hydroxyl groups excluding tert-OH is 1. The summed E-state index contributed by atoms with van der Waals surface area (Å²) in [5, 5.41) is 10.0. The molecule has 9 heteroatoms. The number of hydrogen-bond acceptors (Lipinski definition) is 3. The summed E-state index contributed by atoms with van der Waals surface area (Å²) >= 11 is 0. The third-order valence-electron chi connectivity index (χ3n) is 4.69. The molecule has 1 aromatic rings. The lowest BCUT2D eigenvalue weighted by atomic mass is 9.90. The molecule has 0 heterocycles. The molecule has 27 heavy (non-hydrogen) atoms. The van der Waals surface area contributed by atoms with Crippen molar-refractivity contribution in [1.29, 1.82) is 0 Å². The van der Waals surface area contributed by atoms with E-state index in [4.69, 9.17) is 4.74 Å². The number of aliphatic hydroxyl groups is 1. The predicted octanol–water partition coefficient (Wildman–Crippen LogP) is 5.41. The van der Waals surface area contributed by atoms with Crippen LogP contribution in [-0.2, 0) is 0 Å². The second-order valence-corrected chi connectivity index (χ2v) is 6.78. The van der Waals surface area contributed by atoms with E-state index in [1.54, 1.807) is 12.1 Å². The van der Waals surface area contributed by atoms with E-state index in [9.17, 15) is 31.4 Å². The zero-order chi connectivity index (χ0) is 20.1. The van der Waals surface area contributed by atoms with Crippen LogP contribution in [-0.4, -0.2) is 35.8 Å². The molecule has 0 saturated heterocycles. The molecule has 0 spiro atoms. The first kappa shape index (κ1) is 21.8. The van der Waals surface area contributed by atoms with Gasteiger partial charge in [-0.2, -0.15) is 26.3 Å². The summed E-state index contributed by atoms with van der Waals surface area (Å²) in [5.41, 5.74) is 0.223. The number of rotatable bonds is 7. The second-order valence-electron chi connectivity index (χ2n) is 6.78. The lowest BCUT2D eigenvalue weighted by Gasteiger charge is -2.27. The molecule has 1 saturated carbocycles. The Morgan fingerprint density at radius 1 is 1.04 bits per heavy atom. The number of halogens is 6. The van der Waals surface area contributed by atoms with Crippen LogP contribution in [0.4, 0.5) is 26.3 Å². The fraction of sp³-hybridized carbons (Fsp3) is 0.667. The highest BCUT2D eigenvalue weighted by Gasteiger charge is 2.53. The number of hydrogen-bond donors (Lipinski definition) is 1. The zero-order valence-corrected chi connectivity index (χ0v) is 14.7. The Labute approximate surface area is 153 Å². The van der Waals surface area contributed by atoms with Gasteiger partial charge >= 0.3 is 12.6 Å². The smallest absolute Gasteiger partial charge is 0.467 e. The Balaban J connectivity index is 1.92. The van der Waals surface area contributed by atoms with Gasteiger partial charge in [0.05, 0.1) is 12.7 Å². The molecular formula is C18H23F6NO2. The van der Waals surface area contributed by atoms with Gasteiger partial charge in [0.25, 0.3) is 0 Å². The highest BCUT2D eigenvalue weighted by atomic mass is 19.4. The van der Waals surface area contributed by atoms with E-state index in [-0.39, 0.29) is 5.56 Å². The monoisotopic (exact) mass is 399 g/mol. The Kier molecular flexibility index (Phi) is 7.39. The Bertz CT molecular complexity index is 570. The number of benzene rings is 1. The molecule has 1 fully saturated rings. The van der Waals surface area contributed by atoms with Crippen molar-refractivity contribution < 1.29 is 36.2 Å². The van der Waals surface area contributed by atoms with E-state index in [0.717, 1.165) is 25.7 Å². The molecule has 1 aromatic carbocycles. The quantitative estimate of drug-likeness (QED) is 0.492.